The van der Waals surface area contributed by atoms with E-state index in [4.69, 9.17) is 18.9 Å². The van der Waals surface area contributed by atoms with Gasteiger partial charge in [0.1, 0.15) is 19.2 Å². The van der Waals surface area contributed by atoms with Crippen molar-refractivity contribution in [1.82, 2.24) is 0 Å². The molecule has 6 heteroatoms. The Hall–Kier alpha value is -2.17. The third-order valence-corrected chi connectivity index (χ3v) is 17.5. The molecule has 0 aromatic heterocycles. The van der Waals surface area contributed by atoms with Crippen LogP contribution in [-0.2, 0) is 20.3 Å². The number of hydrogen-bond acceptors (Lipinski definition) is 4. The zero-order valence-corrected chi connectivity index (χ0v) is 28.6. The Kier molecular flexibility index (Phi) is 10.3. The molecule has 0 N–H and O–H groups in total. The first-order valence-electron chi connectivity index (χ1n) is 14.0. The van der Waals surface area contributed by atoms with Gasteiger partial charge in [0.05, 0.1) is 0 Å². The van der Waals surface area contributed by atoms with Crippen molar-refractivity contribution in [2.24, 2.45) is 0 Å². The Bertz CT molecular complexity index is 1210. The van der Waals surface area contributed by atoms with Crippen molar-refractivity contribution >= 4 is 31.0 Å². The first-order valence-corrected chi connectivity index (χ1v) is 19.2. The van der Waals surface area contributed by atoms with Crippen molar-refractivity contribution in [2.45, 2.75) is 79.3 Å². The summed E-state index contributed by atoms with van der Waals surface area (Å²) in [4.78, 5) is 0. The molecule has 0 spiro atoms. The zero-order chi connectivity index (χ0) is 29.9. The summed E-state index contributed by atoms with van der Waals surface area (Å²) in [5.74, 6) is 1.85. The van der Waals surface area contributed by atoms with Crippen LogP contribution in [-0.4, -0.2) is 35.5 Å². The summed E-state index contributed by atoms with van der Waals surface area (Å²) < 4.78 is 23.7. The van der Waals surface area contributed by atoms with E-state index in [1.54, 1.807) is 14.2 Å². The summed E-state index contributed by atoms with van der Waals surface area (Å²) in [6, 6.07) is 20.4. The fourth-order valence-electron chi connectivity index (χ4n) is 5.03. The summed E-state index contributed by atoms with van der Waals surface area (Å²) in [5.41, 5.74) is 4.84. The molecule has 0 bridgehead atoms. The lowest BCUT2D eigenvalue weighted by molar-refractivity contribution is 0.0513. The summed E-state index contributed by atoms with van der Waals surface area (Å²) in [5, 5.41) is 3.92. The Morgan fingerprint density at radius 1 is 0.650 bits per heavy atom. The molecule has 0 radical (unpaired) electrons. The first kappa shape index (κ1) is 32.3. The highest BCUT2D eigenvalue weighted by molar-refractivity contribution is 8.06. The highest BCUT2D eigenvalue weighted by Gasteiger charge is 2.41. The van der Waals surface area contributed by atoms with Gasteiger partial charge < -0.3 is 18.9 Å². The Morgan fingerprint density at radius 3 is 1.40 bits per heavy atom. The summed E-state index contributed by atoms with van der Waals surface area (Å²) >= 11 is 0. The molecular weight excluding hydrogens is 531 g/mol. The predicted octanol–water partition coefficient (Wildman–Crippen LogP) is 7.41. The van der Waals surface area contributed by atoms with Crippen molar-refractivity contribution in [1.29, 1.82) is 0 Å². The summed E-state index contributed by atoms with van der Waals surface area (Å²) in [6.45, 7) is 23.4. The van der Waals surface area contributed by atoms with Gasteiger partial charge in [-0.15, -0.1) is 0 Å². The Morgan fingerprint density at radius 2 is 1.05 bits per heavy atom. The third-order valence-electron chi connectivity index (χ3n) is 7.41. The minimum absolute atomic E-state index is 0.0166. The molecule has 0 heterocycles. The topological polar surface area (TPSA) is 36.9 Å². The smallest absolute Gasteiger partial charge is 0.188 e. The Balaban J connectivity index is 2.52. The van der Waals surface area contributed by atoms with Gasteiger partial charge in [-0.1, -0.05) is 102 Å². The lowest BCUT2D eigenvalue weighted by Crippen LogP contribution is -2.46. The second kappa shape index (κ2) is 12.8. The van der Waals surface area contributed by atoms with Crippen molar-refractivity contribution in [2.75, 3.05) is 27.8 Å². The monoisotopic (exact) mass is 580 g/mol. The highest BCUT2D eigenvalue weighted by atomic mass is 31.4. The van der Waals surface area contributed by atoms with Crippen molar-refractivity contribution in [3.63, 3.8) is 0 Å². The summed E-state index contributed by atoms with van der Waals surface area (Å²) in [7, 11) is 0.210. The summed E-state index contributed by atoms with van der Waals surface area (Å²) in [6.07, 6.45) is 0. The molecule has 0 aliphatic rings. The molecule has 0 amide bonds. The standard InChI is InChI=1S/C34H49O4PSi/c1-24-18-26(33(3,4)5)20-29(31(24)37-22-35-9)39(40(11,12)28-16-14-13-15-17-28)30-21-27(34(6,7)8)19-25(2)32(30)38-23-36-10/h13-21H,22-23H2,1-12H3. The van der Waals surface area contributed by atoms with Crippen LogP contribution in [0.2, 0.25) is 13.1 Å². The average molecular weight is 581 g/mol. The number of hydrogen-bond donors (Lipinski definition) is 0. The van der Waals surface area contributed by atoms with Crippen LogP contribution in [0.15, 0.2) is 54.6 Å². The molecule has 0 saturated carbocycles. The lowest BCUT2D eigenvalue weighted by Gasteiger charge is -2.38. The van der Waals surface area contributed by atoms with E-state index in [0.29, 0.717) is 0 Å². The van der Waals surface area contributed by atoms with E-state index in [1.807, 2.05) is 0 Å². The van der Waals surface area contributed by atoms with Crippen LogP contribution in [0.3, 0.4) is 0 Å². The van der Waals surface area contributed by atoms with E-state index in [-0.39, 0.29) is 24.4 Å². The molecule has 3 aromatic rings. The molecule has 0 unspecified atom stereocenters. The molecule has 3 aromatic carbocycles. The number of ether oxygens (including phenoxy) is 4. The molecule has 3 rings (SSSR count). The van der Waals surface area contributed by atoms with E-state index in [0.717, 1.165) is 22.6 Å². The maximum absolute atomic E-state index is 6.42. The maximum Gasteiger partial charge on any atom is 0.188 e. The van der Waals surface area contributed by atoms with Gasteiger partial charge in [0.25, 0.3) is 0 Å². The van der Waals surface area contributed by atoms with E-state index < -0.39 is 15.2 Å². The first-order chi connectivity index (χ1) is 18.6. The van der Waals surface area contributed by atoms with Crippen LogP contribution in [0.4, 0.5) is 0 Å². The predicted molar refractivity (Wildman–Crippen MR) is 175 cm³/mol. The van der Waals surface area contributed by atoms with E-state index in [1.165, 1.54) is 26.9 Å². The molecule has 0 fully saturated rings. The second-order valence-corrected chi connectivity index (χ2v) is 23.2. The van der Waals surface area contributed by atoms with Crippen LogP contribution in [0.5, 0.6) is 11.5 Å². The van der Waals surface area contributed by atoms with Crippen LogP contribution < -0.4 is 25.3 Å². The van der Waals surface area contributed by atoms with Crippen molar-refractivity contribution < 1.29 is 18.9 Å². The average Bonchev–Trinajstić information content (AvgIpc) is 2.87. The second-order valence-electron chi connectivity index (χ2n) is 13.1. The van der Waals surface area contributed by atoms with Gasteiger partial charge in [0.2, 0.25) is 0 Å². The normalized spacial score (nSPS) is 12.6. The minimum Gasteiger partial charge on any atom is -0.467 e. The van der Waals surface area contributed by atoms with Crippen LogP contribution in [0, 0.1) is 13.8 Å². The van der Waals surface area contributed by atoms with E-state index in [9.17, 15) is 0 Å². The fourth-order valence-corrected chi connectivity index (χ4v) is 15.0. The van der Waals surface area contributed by atoms with Gasteiger partial charge in [-0.3, -0.25) is 0 Å². The van der Waals surface area contributed by atoms with Crippen LogP contribution in [0.1, 0.15) is 63.8 Å². The van der Waals surface area contributed by atoms with Gasteiger partial charge in [0.15, 0.2) is 13.6 Å². The molecule has 4 nitrogen and oxygen atoms in total. The maximum atomic E-state index is 6.42. The largest absolute Gasteiger partial charge is 0.467 e. The van der Waals surface area contributed by atoms with Crippen molar-refractivity contribution in [3.05, 3.63) is 76.9 Å². The molecule has 0 aliphatic heterocycles. The number of methoxy groups -OCH3 is 2. The van der Waals surface area contributed by atoms with Gasteiger partial charge in [-0.2, -0.15) is 0 Å². The molecule has 40 heavy (non-hydrogen) atoms. The third kappa shape index (κ3) is 7.17. The fraction of sp³-hybridized carbons (Fsp3) is 0.471. The van der Waals surface area contributed by atoms with Crippen LogP contribution in [0.25, 0.3) is 0 Å². The Labute approximate surface area is 245 Å². The molecule has 0 saturated heterocycles. The van der Waals surface area contributed by atoms with Crippen LogP contribution >= 0.6 is 7.47 Å². The molecule has 218 valence electrons. The molecule has 0 atom stereocenters. The minimum atomic E-state index is -2.22. The molecular formula is C34H49O4PSi. The lowest BCUT2D eigenvalue weighted by atomic mass is 9.86. The van der Waals surface area contributed by atoms with Gasteiger partial charge >= 0.3 is 0 Å². The number of benzene rings is 3. The molecule has 0 aliphatic carbocycles. The SMILES string of the molecule is COCOc1c(C)cc(C(C)(C)C)cc1P(c1cc(C(C)(C)C)cc(C)c1OCOC)[Si](C)(C)c1ccccc1. The number of rotatable bonds is 10. The van der Waals surface area contributed by atoms with Gasteiger partial charge in [0, 0.05) is 24.8 Å². The van der Waals surface area contributed by atoms with Crippen molar-refractivity contribution in [3.8, 4) is 11.5 Å². The van der Waals surface area contributed by atoms with E-state index >= 15 is 0 Å². The zero-order valence-electron chi connectivity index (χ0n) is 26.7. The number of aryl methyl sites for hydroxylation is 2. The highest BCUT2D eigenvalue weighted by Crippen LogP contribution is 2.51. The van der Waals surface area contributed by atoms with Gasteiger partial charge in [-0.25, -0.2) is 0 Å². The van der Waals surface area contributed by atoms with E-state index in [2.05, 4.69) is 123 Å². The van der Waals surface area contributed by atoms with Gasteiger partial charge in [-0.05, 0) is 66.5 Å². The quantitative estimate of drug-likeness (QED) is 0.142.